The Morgan fingerprint density at radius 1 is 1.21 bits per heavy atom. The lowest BCUT2D eigenvalue weighted by atomic mass is 10.2. The van der Waals surface area contributed by atoms with Crippen molar-refractivity contribution in [2.45, 2.75) is 39.0 Å². The molecule has 14 heavy (non-hydrogen) atoms. The van der Waals surface area contributed by atoms with Crippen molar-refractivity contribution in [2.75, 3.05) is 13.6 Å². The lowest BCUT2D eigenvalue weighted by molar-refractivity contribution is -0.137. The number of rotatable bonds is 7. The minimum absolute atomic E-state index is 0.109. The van der Waals surface area contributed by atoms with Gasteiger partial charge in [0.25, 0.3) is 0 Å². The number of amides is 1. The van der Waals surface area contributed by atoms with Crippen LogP contribution in [0.2, 0.25) is 0 Å². The number of carboxylic acids is 1. The summed E-state index contributed by atoms with van der Waals surface area (Å²) in [6.45, 7) is 2.80. The molecule has 0 bridgehead atoms. The molecule has 0 aromatic rings. The first kappa shape index (κ1) is 12.9. The third kappa shape index (κ3) is 6.46. The van der Waals surface area contributed by atoms with Crippen LogP contribution in [0.4, 0.5) is 0 Å². The first-order valence-corrected chi connectivity index (χ1v) is 5.03. The number of hydrogen-bond acceptors (Lipinski definition) is 2. The maximum Gasteiger partial charge on any atom is 0.303 e. The van der Waals surface area contributed by atoms with Crippen LogP contribution in [0.3, 0.4) is 0 Å². The summed E-state index contributed by atoms with van der Waals surface area (Å²) >= 11 is 0. The highest BCUT2D eigenvalue weighted by atomic mass is 16.4. The molecule has 1 N–H and O–H groups in total. The van der Waals surface area contributed by atoms with Crippen molar-refractivity contribution in [2.24, 2.45) is 0 Å². The Balaban J connectivity index is 3.48. The third-order valence-corrected chi connectivity index (χ3v) is 2.02. The van der Waals surface area contributed by atoms with E-state index in [4.69, 9.17) is 5.11 Å². The number of aliphatic carboxylic acids is 1. The van der Waals surface area contributed by atoms with E-state index in [1.165, 1.54) is 0 Å². The van der Waals surface area contributed by atoms with Crippen LogP contribution in [0, 0.1) is 0 Å². The fraction of sp³-hybridized carbons (Fsp3) is 0.800. The van der Waals surface area contributed by atoms with Gasteiger partial charge in [0.2, 0.25) is 5.91 Å². The van der Waals surface area contributed by atoms with E-state index in [9.17, 15) is 9.59 Å². The molecule has 0 unspecified atom stereocenters. The van der Waals surface area contributed by atoms with Crippen molar-refractivity contribution in [3.8, 4) is 0 Å². The summed E-state index contributed by atoms with van der Waals surface area (Å²) < 4.78 is 0. The van der Waals surface area contributed by atoms with E-state index in [-0.39, 0.29) is 12.3 Å². The molecular weight excluding hydrogens is 182 g/mol. The highest BCUT2D eigenvalue weighted by Gasteiger charge is 2.07. The van der Waals surface area contributed by atoms with Crippen LogP contribution in [0.1, 0.15) is 39.0 Å². The van der Waals surface area contributed by atoms with Gasteiger partial charge in [-0.15, -0.1) is 0 Å². The van der Waals surface area contributed by atoms with Crippen LogP contribution >= 0.6 is 0 Å². The van der Waals surface area contributed by atoms with Gasteiger partial charge in [0.15, 0.2) is 0 Å². The van der Waals surface area contributed by atoms with Crippen molar-refractivity contribution in [3.63, 3.8) is 0 Å². The van der Waals surface area contributed by atoms with Gasteiger partial charge in [0, 0.05) is 26.4 Å². The zero-order chi connectivity index (χ0) is 11.0. The predicted molar refractivity (Wildman–Crippen MR) is 54.0 cm³/mol. The minimum Gasteiger partial charge on any atom is -0.481 e. The zero-order valence-electron chi connectivity index (χ0n) is 8.95. The summed E-state index contributed by atoms with van der Waals surface area (Å²) in [4.78, 5) is 23.2. The molecule has 0 aliphatic carbocycles. The lowest BCUT2D eigenvalue weighted by Gasteiger charge is -2.15. The van der Waals surface area contributed by atoms with Gasteiger partial charge in [-0.05, 0) is 19.3 Å². The Morgan fingerprint density at radius 2 is 1.79 bits per heavy atom. The summed E-state index contributed by atoms with van der Waals surface area (Å²) in [7, 11) is 1.78. The summed E-state index contributed by atoms with van der Waals surface area (Å²) in [5, 5.41) is 8.38. The van der Waals surface area contributed by atoms with Gasteiger partial charge in [0.05, 0.1) is 0 Å². The number of unbranched alkanes of at least 4 members (excludes halogenated alkanes) is 1. The zero-order valence-corrected chi connectivity index (χ0v) is 8.95. The first-order chi connectivity index (χ1) is 6.57. The Morgan fingerprint density at radius 3 is 2.29 bits per heavy atom. The summed E-state index contributed by atoms with van der Waals surface area (Å²) in [5.41, 5.74) is 0. The molecule has 0 atom stereocenters. The second-order valence-corrected chi connectivity index (χ2v) is 3.42. The number of hydrogen-bond donors (Lipinski definition) is 1. The molecular formula is C10H19NO3. The Kier molecular flexibility index (Phi) is 6.80. The smallest absolute Gasteiger partial charge is 0.303 e. The molecule has 82 valence electrons. The van der Waals surface area contributed by atoms with Gasteiger partial charge in [-0.1, -0.05) is 6.92 Å². The molecule has 4 nitrogen and oxygen atoms in total. The van der Waals surface area contributed by atoms with E-state index in [0.717, 1.165) is 13.0 Å². The molecule has 0 aliphatic rings. The quantitative estimate of drug-likeness (QED) is 0.635. The highest BCUT2D eigenvalue weighted by Crippen LogP contribution is 2.02. The molecule has 0 saturated carbocycles. The molecule has 0 spiro atoms. The molecule has 0 aliphatic heterocycles. The van der Waals surface area contributed by atoms with Crippen molar-refractivity contribution >= 4 is 11.9 Å². The standard InChI is InChI=1S/C10H19NO3/c1-3-8-11(2)9(12)6-4-5-7-10(13)14/h3-8H2,1-2H3,(H,13,14). The fourth-order valence-corrected chi connectivity index (χ4v) is 1.20. The van der Waals surface area contributed by atoms with E-state index in [0.29, 0.717) is 19.3 Å². The second-order valence-electron chi connectivity index (χ2n) is 3.42. The molecule has 0 saturated heterocycles. The van der Waals surface area contributed by atoms with Gasteiger partial charge >= 0.3 is 5.97 Å². The fourth-order valence-electron chi connectivity index (χ4n) is 1.20. The molecule has 4 heteroatoms. The van der Waals surface area contributed by atoms with E-state index in [1.807, 2.05) is 6.92 Å². The molecule has 0 fully saturated rings. The van der Waals surface area contributed by atoms with Crippen LogP contribution in [0.25, 0.3) is 0 Å². The highest BCUT2D eigenvalue weighted by molar-refractivity contribution is 5.75. The van der Waals surface area contributed by atoms with Gasteiger partial charge in [0.1, 0.15) is 0 Å². The van der Waals surface area contributed by atoms with Crippen LogP contribution in [0.5, 0.6) is 0 Å². The molecule has 1 amide bonds. The van der Waals surface area contributed by atoms with Crippen molar-refractivity contribution in [1.29, 1.82) is 0 Å². The third-order valence-electron chi connectivity index (χ3n) is 2.02. The van der Waals surface area contributed by atoms with E-state index in [2.05, 4.69) is 0 Å². The Labute approximate surface area is 84.9 Å². The average Bonchev–Trinajstić information content (AvgIpc) is 2.12. The maximum atomic E-state index is 11.4. The first-order valence-electron chi connectivity index (χ1n) is 5.03. The van der Waals surface area contributed by atoms with Crippen molar-refractivity contribution in [1.82, 2.24) is 4.90 Å². The Hall–Kier alpha value is -1.06. The second kappa shape index (κ2) is 7.35. The molecule has 0 rings (SSSR count). The monoisotopic (exact) mass is 201 g/mol. The number of carbonyl (C=O) groups excluding carboxylic acids is 1. The minimum atomic E-state index is -0.792. The number of carbonyl (C=O) groups is 2. The molecule has 0 heterocycles. The molecule has 0 aromatic carbocycles. The molecule has 0 radical (unpaired) electrons. The van der Waals surface area contributed by atoms with Crippen molar-refractivity contribution in [3.05, 3.63) is 0 Å². The summed E-state index contributed by atoms with van der Waals surface area (Å²) in [6.07, 6.45) is 2.83. The lowest BCUT2D eigenvalue weighted by Crippen LogP contribution is -2.26. The summed E-state index contributed by atoms with van der Waals surface area (Å²) in [5.74, 6) is -0.684. The van der Waals surface area contributed by atoms with Crippen molar-refractivity contribution < 1.29 is 14.7 Å². The van der Waals surface area contributed by atoms with Gasteiger partial charge in [-0.3, -0.25) is 9.59 Å². The van der Waals surface area contributed by atoms with Crippen LogP contribution in [-0.2, 0) is 9.59 Å². The van der Waals surface area contributed by atoms with E-state index < -0.39 is 5.97 Å². The van der Waals surface area contributed by atoms with E-state index in [1.54, 1.807) is 11.9 Å². The maximum absolute atomic E-state index is 11.4. The predicted octanol–water partition coefficient (Wildman–Crippen LogP) is 1.50. The number of carboxylic acid groups (broad SMARTS) is 1. The van der Waals surface area contributed by atoms with E-state index >= 15 is 0 Å². The van der Waals surface area contributed by atoms with Crippen LogP contribution in [0.15, 0.2) is 0 Å². The average molecular weight is 201 g/mol. The van der Waals surface area contributed by atoms with Crippen LogP contribution < -0.4 is 0 Å². The van der Waals surface area contributed by atoms with Gasteiger partial charge < -0.3 is 10.0 Å². The van der Waals surface area contributed by atoms with Gasteiger partial charge in [-0.25, -0.2) is 0 Å². The number of nitrogens with zero attached hydrogens (tertiary/aromatic N) is 1. The SMILES string of the molecule is CCCN(C)C(=O)CCCCC(=O)O. The summed E-state index contributed by atoms with van der Waals surface area (Å²) in [6, 6.07) is 0. The Bertz CT molecular complexity index is 192. The normalized spacial score (nSPS) is 9.86. The largest absolute Gasteiger partial charge is 0.481 e. The van der Waals surface area contributed by atoms with Gasteiger partial charge in [-0.2, -0.15) is 0 Å². The van der Waals surface area contributed by atoms with Crippen LogP contribution in [-0.4, -0.2) is 35.5 Å². The topological polar surface area (TPSA) is 57.6 Å². The molecule has 0 aromatic heterocycles.